The number of hydrogen-bond acceptors (Lipinski definition) is 5. The van der Waals surface area contributed by atoms with Crippen LogP contribution in [-0.2, 0) is 13.0 Å². The van der Waals surface area contributed by atoms with E-state index in [2.05, 4.69) is 72.2 Å². The van der Waals surface area contributed by atoms with Crippen molar-refractivity contribution in [3.63, 3.8) is 0 Å². The number of quaternary nitrogens is 1. The molecule has 0 aliphatic heterocycles. The van der Waals surface area contributed by atoms with Crippen LogP contribution in [0.4, 0.5) is 11.9 Å². The molecular weight excluding hydrogens is 300 g/mol. The molecule has 0 radical (unpaired) electrons. The summed E-state index contributed by atoms with van der Waals surface area (Å²) in [6.07, 6.45) is 1.11. The van der Waals surface area contributed by atoms with E-state index < -0.39 is 0 Å². The second-order valence-corrected chi connectivity index (χ2v) is 7.02. The first-order valence-corrected chi connectivity index (χ1v) is 8.53. The van der Waals surface area contributed by atoms with Gasteiger partial charge in [-0.1, -0.05) is 52.0 Å². The third-order valence-electron chi connectivity index (χ3n) is 4.00. The highest BCUT2D eigenvalue weighted by Gasteiger charge is 2.20. The molecule has 1 heterocycles. The third-order valence-corrected chi connectivity index (χ3v) is 4.00. The van der Waals surface area contributed by atoms with Gasteiger partial charge in [0.25, 0.3) is 0 Å². The van der Waals surface area contributed by atoms with Crippen LogP contribution in [0.15, 0.2) is 24.3 Å². The van der Waals surface area contributed by atoms with Crippen molar-refractivity contribution in [2.24, 2.45) is 11.8 Å². The molecule has 0 saturated carbocycles. The molecule has 0 spiro atoms. The average molecular weight is 329 g/mol. The number of nitrogen functional groups attached to an aromatic ring is 2. The van der Waals surface area contributed by atoms with E-state index in [1.807, 2.05) is 0 Å². The van der Waals surface area contributed by atoms with Crippen molar-refractivity contribution in [1.82, 2.24) is 15.0 Å². The van der Waals surface area contributed by atoms with Crippen molar-refractivity contribution in [2.75, 3.05) is 11.5 Å². The molecule has 2 aromatic rings. The predicted molar refractivity (Wildman–Crippen MR) is 96.8 cm³/mol. The number of aromatic nitrogens is 3. The predicted octanol–water partition coefficient (Wildman–Crippen LogP) is 1.70. The van der Waals surface area contributed by atoms with Crippen molar-refractivity contribution < 1.29 is 5.32 Å². The minimum atomic E-state index is 0.171. The first-order chi connectivity index (χ1) is 11.3. The zero-order valence-corrected chi connectivity index (χ0v) is 15.0. The van der Waals surface area contributed by atoms with E-state index in [1.54, 1.807) is 0 Å². The molecule has 6 nitrogen and oxygen atoms in total. The molecule has 24 heavy (non-hydrogen) atoms. The molecule has 2 rings (SSSR count). The molecule has 0 unspecified atom stereocenters. The summed E-state index contributed by atoms with van der Waals surface area (Å²) in [7, 11) is 0. The third kappa shape index (κ3) is 5.16. The van der Waals surface area contributed by atoms with Crippen LogP contribution in [0.2, 0.25) is 0 Å². The van der Waals surface area contributed by atoms with Crippen LogP contribution >= 0.6 is 0 Å². The molecule has 130 valence electrons. The zero-order chi connectivity index (χ0) is 17.7. The molecule has 0 aliphatic carbocycles. The second-order valence-electron chi connectivity index (χ2n) is 7.02. The monoisotopic (exact) mass is 329 g/mol. The molecule has 0 bridgehead atoms. The van der Waals surface area contributed by atoms with Crippen LogP contribution in [0.3, 0.4) is 0 Å². The molecule has 1 aromatic carbocycles. The average Bonchev–Trinajstić information content (AvgIpc) is 2.47. The van der Waals surface area contributed by atoms with Crippen LogP contribution in [0.25, 0.3) is 0 Å². The van der Waals surface area contributed by atoms with E-state index in [1.165, 1.54) is 11.1 Å². The topological polar surface area (TPSA) is 107 Å². The Morgan fingerprint density at radius 3 is 2.00 bits per heavy atom. The van der Waals surface area contributed by atoms with Gasteiger partial charge in [0.2, 0.25) is 11.9 Å². The molecule has 1 aromatic heterocycles. The van der Waals surface area contributed by atoms with Gasteiger partial charge in [-0.15, -0.1) is 0 Å². The Kier molecular flexibility index (Phi) is 6.09. The Hall–Kier alpha value is -2.21. The molecule has 0 aliphatic rings. The van der Waals surface area contributed by atoms with Gasteiger partial charge in [0.15, 0.2) is 5.82 Å². The van der Waals surface area contributed by atoms with Gasteiger partial charge in [-0.2, -0.15) is 15.0 Å². The number of anilines is 2. The summed E-state index contributed by atoms with van der Waals surface area (Å²) in [5.74, 6) is 2.11. The maximum Gasteiger partial charge on any atom is 0.225 e. The summed E-state index contributed by atoms with van der Waals surface area (Å²) in [5, 5.41) is 2.23. The lowest BCUT2D eigenvalue weighted by molar-refractivity contribution is -0.718. The van der Waals surface area contributed by atoms with Gasteiger partial charge >= 0.3 is 0 Å². The highest BCUT2D eigenvalue weighted by molar-refractivity contribution is 5.26. The van der Waals surface area contributed by atoms with E-state index in [9.17, 15) is 0 Å². The molecule has 0 fully saturated rings. The molecule has 0 saturated heterocycles. The fourth-order valence-corrected chi connectivity index (χ4v) is 2.92. The summed E-state index contributed by atoms with van der Waals surface area (Å²) in [4.78, 5) is 12.1. The van der Waals surface area contributed by atoms with Crippen LogP contribution in [0.5, 0.6) is 0 Å². The summed E-state index contributed by atoms with van der Waals surface area (Å²) < 4.78 is 0. The van der Waals surface area contributed by atoms with Crippen LogP contribution < -0.4 is 16.8 Å². The molecule has 0 amide bonds. The molecule has 1 atom stereocenters. The number of hydrogen-bond donors (Lipinski definition) is 3. The standard InChI is InChI=1S/C18H28N6/c1-11(2)9-13-5-7-14(8-6-13)16(12(3)4)21-10-15-22-17(19)24-18(20)23-15/h5-8,11-12,16,21H,9-10H2,1-4H3,(H4,19,20,22,23,24)/p+1/t16-/m1/s1. The minimum Gasteiger partial charge on any atom is -0.368 e. The fourth-order valence-electron chi connectivity index (χ4n) is 2.92. The van der Waals surface area contributed by atoms with E-state index in [4.69, 9.17) is 11.5 Å². The first kappa shape index (κ1) is 18.1. The Labute approximate surface area is 144 Å². The highest BCUT2D eigenvalue weighted by Crippen LogP contribution is 2.19. The quantitative estimate of drug-likeness (QED) is 0.716. The normalized spacial score (nSPS) is 12.8. The summed E-state index contributed by atoms with van der Waals surface area (Å²) in [6, 6.07) is 9.26. The first-order valence-electron chi connectivity index (χ1n) is 8.53. The van der Waals surface area contributed by atoms with Gasteiger partial charge < -0.3 is 16.8 Å². The van der Waals surface area contributed by atoms with Gasteiger partial charge in [0.1, 0.15) is 12.6 Å². The lowest BCUT2D eigenvalue weighted by Gasteiger charge is -2.20. The van der Waals surface area contributed by atoms with Crippen LogP contribution in [0.1, 0.15) is 50.7 Å². The number of benzene rings is 1. The van der Waals surface area contributed by atoms with Crippen molar-refractivity contribution in [2.45, 2.75) is 46.7 Å². The van der Waals surface area contributed by atoms with Gasteiger partial charge in [-0.25, -0.2) is 0 Å². The Morgan fingerprint density at radius 1 is 0.917 bits per heavy atom. The van der Waals surface area contributed by atoms with Crippen molar-refractivity contribution in [3.8, 4) is 0 Å². The van der Waals surface area contributed by atoms with E-state index >= 15 is 0 Å². The van der Waals surface area contributed by atoms with E-state index in [0.717, 1.165) is 6.42 Å². The van der Waals surface area contributed by atoms with E-state index in [-0.39, 0.29) is 11.9 Å². The zero-order valence-electron chi connectivity index (χ0n) is 15.0. The van der Waals surface area contributed by atoms with Gasteiger partial charge in [0.05, 0.1) is 0 Å². The highest BCUT2D eigenvalue weighted by atomic mass is 15.2. The summed E-state index contributed by atoms with van der Waals surface area (Å²) in [6.45, 7) is 9.54. The lowest BCUT2D eigenvalue weighted by Crippen LogP contribution is -2.85. The second kappa shape index (κ2) is 8.06. The van der Waals surface area contributed by atoms with Gasteiger partial charge in [-0.3, -0.25) is 0 Å². The van der Waals surface area contributed by atoms with Crippen LogP contribution in [0, 0.1) is 11.8 Å². The maximum atomic E-state index is 5.64. The van der Waals surface area contributed by atoms with Crippen molar-refractivity contribution >= 4 is 11.9 Å². The maximum absolute atomic E-state index is 5.64. The summed E-state index contributed by atoms with van der Waals surface area (Å²) >= 11 is 0. The van der Waals surface area contributed by atoms with Crippen LogP contribution in [-0.4, -0.2) is 15.0 Å². The Bertz CT molecular complexity index is 631. The Morgan fingerprint density at radius 2 is 1.50 bits per heavy atom. The smallest absolute Gasteiger partial charge is 0.225 e. The molecule has 6 heteroatoms. The van der Waals surface area contributed by atoms with Crippen molar-refractivity contribution in [1.29, 1.82) is 0 Å². The summed E-state index contributed by atoms with van der Waals surface area (Å²) in [5.41, 5.74) is 14.0. The fraction of sp³-hybridized carbons (Fsp3) is 0.500. The minimum absolute atomic E-state index is 0.171. The SMILES string of the molecule is CC(C)Cc1ccc([C@H]([NH2+]Cc2nc(N)nc(N)n2)C(C)C)cc1. The number of rotatable bonds is 7. The molecule has 6 N–H and O–H groups in total. The largest absolute Gasteiger partial charge is 0.368 e. The van der Waals surface area contributed by atoms with Crippen molar-refractivity contribution in [3.05, 3.63) is 41.2 Å². The van der Waals surface area contributed by atoms with Gasteiger partial charge in [-0.05, 0) is 17.9 Å². The number of nitrogens with zero attached hydrogens (tertiary/aromatic N) is 3. The van der Waals surface area contributed by atoms with Gasteiger partial charge in [0, 0.05) is 11.5 Å². The van der Waals surface area contributed by atoms with E-state index in [0.29, 0.717) is 30.2 Å². The lowest BCUT2D eigenvalue weighted by atomic mass is 9.94. The Balaban J connectivity index is 2.08. The number of nitrogens with two attached hydrogens (primary N) is 3. The molecular formula is C18H29N6+.